The lowest BCUT2D eigenvalue weighted by molar-refractivity contribution is 0.668. The van der Waals surface area contributed by atoms with Crippen molar-refractivity contribution in [1.82, 2.24) is 0 Å². The molecule has 0 N–H and O–H groups in total. The molecule has 4 aliphatic rings. The summed E-state index contributed by atoms with van der Waals surface area (Å²) in [4.78, 5) is 12.4. The number of benzene rings is 20. The summed E-state index contributed by atoms with van der Waals surface area (Å²) < 4.78 is 25.1. The molecule has 0 saturated heterocycles. The highest BCUT2D eigenvalue weighted by atomic mass is 32.1. The van der Waals surface area contributed by atoms with Crippen LogP contribution in [0.15, 0.2) is 462 Å². The smallest absolute Gasteiger partial charge is 0.159 e. The summed E-state index contributed by atoms with van der Waals surface area (Å²) in [5, 5.41) is 11.5. The predicted octanol–water partition coefficient (Wildman–Crippen LogP) is 36.4. The van der Waals surface area contributed by atoms with Gasteiger partial charge in [0.1, 0.15) is 27.9 Å². The van der Waals surface area contributed by atoms with Crippen molar-refractivity contribution in [2.24, 2.45) is 0 Å². The van der Waals surface area contributed by atoms with E-state index in [0.29, 0.717) is 0 Å². The zero-order valence-electron chi connectivity index (χ0n) is 73.0. The molecular weight excluding hydrogens is 1710 g/mol. The number of furan rings is 3. The van der Waals surface area contributed by atoms with E-state index in [1.54, 1.807) is 0 Å². The first-order valence-corrected chi connectivity index (χ1v) is 48.8. The molecule has 6 heterocycles. The van der Waals surface area contributed by atoms with E-state index < -0.39 is 10.8 Å². The van der Waals surface area contributed by atoms with E-state index in [9.17, 15) is 0 Å². The van der Waals surface area contributed by atoms with E-state index in [-0.39, 0.29) is 0 Å². The molecule has 2 unspecified atom stereocenters. The van der Waals surface area contributed by atoms with E-state index in [4.69, 9.17) is 13.3 Å². The fourth-order valence-corrected chi connectivity index (χ4v) is 27.8. The molecule has 26 aromatic rings. The molecule has 0 amide bonds. The molecule has 4 aliphatic carbocycles. The maximum absolute atomic E-state index is 6.91. The molecule has 30 rings (SSSR count). The standard InChI is InChI=1S/C126H74N4O3S3/c1-4-27-77(28-5-1)128(85-62-68-114-99(73-85)90-37-14-20-49-111(90)132-114)107-45-26-44-106-118(107)124-120(126(106)102-43-18-11-34-87(102)97-70-83(59-65-104(97)126)129(78-29-6-2-7-30-78)108-46-24-40-92-88-35-12-21-50-112(88)133-121(92)108)95-63-55-76(69-117(95)136-124)75-53-56-80(57-54-75)127(82-61-67-113-98(72-82)89-36-13-19-48-110(89)131-113)81-58-66-105-100(74-81)123-119(94-39-16-23-52-116(94)135-123)125(105)101-42-17-10-33-86(101)96-71-84(60-64-103(96)125)130(79-31-8-3-9-32-79)109-47-25-41-93-91-38-15-22-51-115(91)134-122(93)109/h1-74H. The third kappa shape index (κ3) is 10.6. The van der Waals surface area contributed by atoms with Gasteiger partial charge in [-0.25, -0.2) is 0 Å². The maximum atomic E-state index is 6.91. The Morgan fingerprint density at radius 1 is 0.191 bits per heavy atom. The quantitative estimate of drug-likeness (QED) is 0.114. The summed E-state index contributed by atoms with van der Waals surface area (Å²) in [7, 11) is 0. The average molecular weight is 1790 g/mol. The van der Waals surface area contributed by atoms with Crippen LogP contribution in [0.3, 0.4) is 0 Å². The zero-order chi connectivity index (χ0) is 88.7. The first-order valence-electron chi connectivity index (χ1n) is 46.4. The summed E-state index contributed by atoms with van der Waals surface area (Å²) in [6, 6.07) is 167. The molecule has 0 fully saturated rings. The van der Waals surface area contributed by atoms with Gasteiger partial charge in [-0.1, -0.05) is 273 Å². The van der Waals surface area contributed by atoms with E-state index in [1.807, 2.05) is 34.0 Å². The lowest BCUT2D eigenvalue weighted by atomic mass is 9.70. The zero-order valence-corrected chi connectivity index (χ0v) is 75.4. The fraction of sp³-hybridized carbons (Fsp3) is 0.0159. The van der Waals surface area contributed by atoms with Crippen LogP contribution in [0.4, 0.5) is 68.2 Å². The first kappa shape index (κ1) is 75.8. The maximum Gasteiger partial charge on any atom is 0.159 e. The molecule has 2 atom stereocenters. The van der Waals surface area contributed by atoms with Crippen molar-refractivity contribution in [3.63, 3.8) is 0 Å². The number of hydrogen-bond acceptors (Lipinski definition) is 10. The number of fused-ring (bicyclic) bond motifs is 36. The predicted molar refractivity (Wildman–Crippen MR) is 569 cm³/mol. The number of thiophene rings is 3. The lowest BCUT2D eigenvalue weighted by Gasteiger charge is -2.32. The van der Waals surface area contributed by atoms with Gasteiger partial charge in [0.25, 0.3) is 0 Å². The van der Waals surface area contributed by atoms with Crippen molar-refractivity contribution in [3.05, 3.63) is 493 Å². The first-order chi connectivity index (χ1) is 67.4. The molecule has 10 heteroatoms. The van der Waals surface area contributed by atoms with Crippen LogP contribution in [0.25, 0.3) is 160 Å². The van der Waals surface area contributed by atoms with Crippen LogP contribution in [-0.4, -0.2) is 0 Å². The highest BCUT2D eigenvalue weighted by Gasteiger charge is 2.56. The van der Waals surface area contributed by atoms with Gasteiger partial charge in [-0.2, -0.15) is 0 Å². The van der Waals surface area contributed by atoms with E-state index in [1.165, 1.54) is 128 Å². The molecule has 6 aromatic heterocycles. The second-order valence-corrected chi connectivity index (χ2v) is 39.4. The van der Waals surface area contributed by atoms with E-state index in [2.05, 4.69) is 469 Å². The van der Waals surface area contributed by atoms with Gasteiger partial charge in [-0.15, -0.1) is 34.0 Å². The number of para-hydroxylation sites is 7. The third-order valence-electron chi connectivity index (χ3n) is 29.4. The van der Waals surface area contributed by atoms with Crippen LogP contribution in [-0.2, 0) is 10.8 Å². The number of rotatable bonds is 13. The van der Waals surface area contributed by atoms with Gasteiger partial charge in [0.2, 0.25) is 0 Å². The molecule has 0 saturated carbocycles. The molecule has 0 radical (unpaired) electrons. The van der Waals surface area contributed by atoms with Gasteiger partial charge in [-0.05, 0) is 270 Å². The topological polar surface area (TPSA) is 52.4 Å². The highest BCUT2D eigenvalue weighted by Crippen LogP contribution is 2.71. The number of anilines is 12. The van der Waals surface area contributed by atoms with E-state index >= 15 is 0 Å². The molecule has 20 aromatic carbocycles. The van der Waals surface area contributed by atoms with Crippen molar-refractivity contribution >= 4 is 208 Å². The summed E-state index contributed by atoms with van der Waals surface area (Å²) in [6.45, 7) is 0. The van der Waals surface area contributed by atoms with Gasteiger partial charge in [-0.3, -0.25) is 0 Å². The Labute approximate surface area is 793 Å². The average Bonchev–Trinajstić information content (AvgIpc) is 1.49. The lowest BCUT2D eigenvalue weighted by Crippen LogP contribution is -2.26. The van der Waals surface area contributed by atoms with Gasteiger partial charge < -0.3 is 32.9 Å². The largest absolute Gasteiger partial charge is 0.456 e. The van der Waals surface area contributed by atoms with Crippen LogP contribution >= 0.6 is 34.0 Å². The molecule has 634 valence electrons. The van der Waals surface area contributed by atoms with Crippen molar-refractivity contribution in [1.29, 1.82) is 0 Å². The molecule has 2 spiro atoms. The highest BCUT2D eigenvalue weighted by molar-refractivity contribution is 7.26. The van der Waals surface area contributed by atoms with Crippen molar-refractivity contribution in [2.45, 2.75) is 10.8 Å². The summed E-state index contributed by atoms with van der Waals surface area (Å²) in [5.74, 6) is 0. The second kappa shape index (κ2) is 28.8. The Bertz CT molecular complexity index is 9570. The molecule has 0 bridgehead atoms. The van der Waals surface area contributed by atoms with Crippen LogP contribution in [0, 0.1) is 0 Å². The molecule has 7 nitrogen and oxygen atoms in total. The van der Waals surface area contributed by atoms with Crippen molar-refractivity contribution in [3.8, 4) is 54.3 Å². The monoisotopic (exact) mass is 1790 g/mol. The molecule has 0 aliphatic heterocycles. The van der Waals surface area contributed by atoms with Crippen LogP contribution < -0.4 is 19.6 Å². The Morgan fingerprint density at radius 2 is 0.574 bits per heavy atom. The number of hydrogen-bond donors (Lipinski definition) is 0. The Kier molecular flexibility index (Phi) is 16.1. The Morgan fingerprint density at radius 3 is 1.20 bits per heavy atom. The minimum atomic E-state index is -0.763. The van der Waals surface area contributed by atoms with Gasteiger partial charge in [0.05, 0.1) is 32.6 Å². The van der Waals surface area contributed by atoms with E-state index in [0.717, 1.165) is 145 Å². The third-order valence-corrected chi connectivity index (χ3v) is 33.0. The van der Waals surface area contributed by atoms with Crippen LogP contribution in [0.1, 0.15) is 44.5 Å². The van der Waals surface area contributed by atoms with Crippen LogP contribution in [0.2, 0.25) is 0 Å². The summed E-state index contributed by atoms with van der Waals surface area (Å²) in [6.07, 6.45) is 0. The van der Waals surface area contributed by atoms with Gasteiger partial charge in [0.15, 0.2) is 5.58 Å². The fourth-order valence-electron chi connectivity index (χ4n) is 23.9. The summed E-state index contributed by atoms with van der Waals surface area (Å²) >= 11 is 5.71. The van der Waals surface area contributed by atoms with Crippen molar-refractivity contribution in [2.75, 3.05) is 19.6 Å². The Balaban J connectivity index is 0.587. The van der Waals surface area contributed by atoms with Gasteiger partial charge >= 0.3 is 0 Å². The summed E-state index contributed by atoms with van der Waals surface area (Å²) in [5.41, 5.74) is 36.3. The molecular formula is C126H74N4O3S3. The van der Waals surface area contributed by atoms with Gasteiger partial charge in [0, 0.05) is 124 Å². The SMILES string of the molecule is c1ccc(N(c2ccc3oc4ccccc4c3c2)c2cccc3c2-c2sc4cc(-c5ccc(N(c6ccc7c(c6)-c6sc8ccccc8c6C76c7ccccc7-c7cc(N(c8ccccc8)c8cccc9c8sc8ccccc89)ccc76)c6ccc7oc8ccccc8c7c6)cc5)ccc4c2C32c3ccccc3-c3cc(N(c4ccccc4)c4cccc5c4oc4ccccc45)ccc32)cc1. The van der Waals surface area contributed by atoms with Crippen molar-refractivity contribution < 1.29 is 13.3 Å². The number of nitrogens with zero attached hydrogens (tertiary/aromatic N) is 4. The Hall–Kier alpha value is -16.9. The molecule has 136 heavy (non-hydrogen) atoms. The minimum absolute atomic E-state index is 0.641. The minimum Gasteiger partial charge on any atom is -0.456 e. The van der Waals surface area contributed by atoms with Crippen LogP contribution in [0.5, 0.6) is 0 Å². The second-order valence-electron chi connectivity index (χ2n) is 36.3. The normalized spacial score (nSPS) is 14.7.